The van der Waals surface area contributed by atoms with Crippen molar-refractivity contribution in [2.75, 3.05) is 0 Å². The molecule has 16 heavy (non-hydrogen) atoms. The average molecular weight is 232 g/mol. The number of ether oxygens (including phenoxy) is 1. The number of nitriles is 1. The van der Waals surface area contributed by atoms with E-state index in [4.69, 9.17) is 5.26 Å². The molecule has 0 bridgehead atoms. The summed E-state index contributed by atoms with van der Waals surface area (Å²) < 4.78 is 39.2. The Kier molecular flexibility index (Phi) is 3.22. The van der Waals surface area contributed by atoms with Gasteiger partial charge in [-0.05, 0) is 6.92 Å². The highest BCUT2D eigenvalue weighted by Crippen LogP contribution is 2.19. The van der Waals surface area contributed by atoms with Crippen molar-refractivity contribution in [2.45, 2.75) is 19.7 Å². The minimum atomic E-state index is -4.92. The summed E-state index contributed by atoms with van der Waals surface area (Å²) in [5, 5.41) is 8.43. The Morgan fingerprint density at radius 2 is 2.19 bits per heavy atom. The van der Waals surface area contributed by atoms with Gasteiger partial charge in [0.25, 0.3) is 0 Å². The van der Waals surface area contributed by atoms with E-state index in [1.54, 1.807) is 6.07 Å². The van der Waals surface area contributed by atoms with Gasteiger partial charge in [0, 0.05) is 17.5 Å². The number of aromatic nitrogens is 1. The fourth-order valence-electron chi connectivity index (χ4n) is 1.14. The molecule has 86 valence electrons. The van der Waals surface area contributed by atoms with Crippen molar-refractivity contribution in [1.29, 1.82) is 5.26 Å². The van der Waals surface area contributed by atoms with Crippen LogP contribution in [0.3, 0.4) is 0 Å². The molecule has 0 spiro atoms. The number of nitrogens with one attached hydrogen (secondary N) is 1. The van der Waals surface area contributed by atoms with E-state index in [9.17, 15) is 18.0 Å². The summed E-state index contributed by atoms with van der Waals surface area (Å²) in [5.41, 5.74) is -0.597. The molecule has 1 heterocycles. The van der Waals surface area contributed by atoms with E-state index in [2.05, 4.69) is 9.72 Å². The quantitative estimate of drug-likeness (QED) is 0.842. The van der Waals surface area contributed by atoms with Crippen LogP contribution in [0.2, 0.25) is 0 Å². The van der Waals surface area contributed by atoms with Gasteiger partial charge in [-0.25, -0.2) is 0 Å². The van der Waals surface area contributed by atoms with Gasteiger partial charge in [0.15, 0.2) is 5.75 Å². The van der Waals surface area contributed by atoms with Crippen LogP contribution in [0, 0.1) is 18.3 Å². The highest BCUT2D eigenvalue weighted by molar-refractivity contribution is 5.31. The Morgan fingerprint density at radius 1 is 1.56 bits per heavy atom. The second kappa shape index (κ2) is 4.26. The normalized spacial score (nSPS) is 10.9. The number of hydrogen-bond acceptors (Lipinski definition) is 3. The largest absolute Gasteiger partial charge is 0.573 e. The zero-order chi connectivity index (χ0) is 12.3. The van der Waals surface area contributed by atoms with Crippen molar-refractivity contribution in [3.8, 4) is 11.8 Å². The molecule has 1 rings (SSSR count). The summed E-state index contributed by atoms with van der Waals surface area (Å²) in [7, 11) is 0. The zero-order valence-electron chi connectivity index (χ0n) is 8.18. The molecule has 7 heteroatoms. The second-order valence-corrected chi connectivity index (χ2v) is 2.97. The molecule has 1 aromatic heterocycles. The third kappa shape index (κ3) is 2.76. The van der Waals surface area contributed by atoms with Crippen LogP contribution in [-0.4, -0.2) is 11.3 Å². The van der Waals surface area contributed by atoms with Crippen LogP contribution >= 0.6 is 0 Å². The molecule has 0 aliphatic rings. The molecule has 0 unspecified atom stereocenters. The minimum Gasteiger partial charge on any atom is -0.400 e. The average Bonchev–Trinajstić information content (AvgIpc) is 2.15. The van der Waals surface area contributed by atoms with E-state index < -0.39 is 17.5 Å². The number of rotatable bonds is 2. The second-order valence-electron chi connectivity index (χ2n) is 2.97. The van der Waals surface area contributed by atoms with Gasteiger partial charge in [0.05, 0.1) is 12.5 Å². The van der Waals surface area contributed by atoms with Crippen LogP contribution in [-0.2, 0) is 6.42 Å². The van der Waals surface area contributed by atoms with Crippen LogP contribution in [0.15, 0.2) is 11.0 Å². The number of hydrogen-bond donors (Lipinski definition) is 1. The lowest BCUT2D eigenvalue weighted by Crippen LogP contribution is -2.24. The molecule has 0 radical (unpaired) electrons. The first-order valence-corrected chi connectivity index (χ1v) is 4.19. The maximum absolute atomic E-state index is 11.9. The smallest absolute Gasteiger partial charge is 0.400 e. The first-order valence-electron chi connectivity index (χ1n) is 4.19. The summed E-state index contributed by atoms with van der Waals surface area (Å²) in [4.78, 5) is 13.9. The molecule has 0 saturated carbocycles. The van der Waals surface area contributed by atoms with Crippen molar-refractivity contribution >= 4 is 0 Å². The van der Waals surface area contributed by atoms with E-state index in [1.165, 1.54) is 6.92 Å². The molecule has 0 aliphatic heterocycles. The highest BCUT2D eigenvalue weighted by atomic mass is 19.4. The topological polar surface area (TPSA) is 65.9 Å². The summed E-state index contributed by atoms with van der Waals surface area (Å²) in [6.07, 6.45) is -4.37. The van der Waals surface area contributed by atoms with E-state index in [1.807, 2.05) is 0 Å². The van der Waals surface area contributed by atoms with Gasteiger partial charge in [-0.1, -0.05) is 0 Å². The Bertz CT molecular complexity index is 485. The molecule has 1 N–H and O–H groups in total. The summed E-state index contributed by atoms with van der Waals surface area (Å²) in [6.45, 7) is 1.49. The summed E-state index contributed by atoms with van der Waals surface area (Å²) >= 11 is 0. The highest BCUT2D eigenvalue weighted by Gasteiger charge is 2.32. The zero-order valence-corrected chi connectivity index (χ0v) is 8.18. The fraction of sp³-hybridized carbons (Fsp3) is 0.333. The van der Waals surface area contributed by atoms with Gasteiger partial charge in [-0.15, -0.1) is 13.2 Å². The Hall–Kier alpha value is -1.97. The Balaban J connectivity index is 3.20. The number of pyridine rings is 1. The standard InChI is InChI=1S/C9H7F3N2O2/c1-5-6(2-3-13)8(15)7(4-14-5)16-9(10,11)12/h4H,2H2,1H3,(H,14,15). The Labute approximate surface area is 88.3 Å². The number of halogens is 3. The number of alkyl halides is 3. The fourth-order valence-corrected chi connectivity index (χ4v) is 1.14. The van der Waals surface area contributed by atoms with E-state index in [-0.39, 0.29) is 12.0 Å². The first-order chi connectivity index (χ1) is 7.35. The van der Waals surface area contributed by atoms with Gasteiger partial charge < -0.3 is 9.72 Å². The molecule has 0 atom stereocenters. The maximum Gasteiger partial charge on any atom is 0.573 e. The number of nitrogens with zero attached hydrogens (tertiary/aromatic N) is 1. The number of aryl methyl sites for hydroxylation is 1. The first kappa shape index (κ1) is 12.1. The third-order valence-electron chi connectivity index (χ3n) is 1.85. The molecule has 1 aromatic rings. The minimum absolute atomic E-state index is 0.0238. The lowest BCUT2D eigenvalue weighted by molar-refractivity contribution is -0.275. The van der Waals surface area contributed by atoms with Gasteiger partial charge in [0.1, 0.15) is 0 Å². The lowest BCUT2D eigenvalue weighted by atomic mass is 10.1. The summed E-state index contributed by atoms with van der Waals surface area (Å²) in [5.74, 6) is -0.858. The van der Waals surface area contributed by atoms with Crippen LogP contribution in [0.5, 0.6) is 5.75 Å². The van der Waals surface area contributed by atoms with Crippen molar-refractivity contribution < 1.29 is 17.9 Å². The number of H-pyrrole nitrogens is 1. The molecule has 0 amide bonds. The van der Waals surface area contributed by atoms with Crippen LogP contribution < -0.4 is 10.2 Å². The molecule has 4 nitrogen and oxygen atoms in total. The van der Waals surface area contributed by atoms with E-state index in [0.29, 0.717) is 5.69 Å². The molecular weight excluding hydrogens is 225 g/mol. The van der Waals surface area contributed by atoms with E-state index >= 15 is 0 Å². The number of aromatic amines is 1. The summed E-state index contributed by atoms with van der Waals surface area (Å²) in [6, 6.07) is 1.70. The van der Waals surface area contributed by atoms with Crippen molar-refractivity contribution in [2.24, 2.45) is 0 Å². The Morgan fingerprint density at radius 3 is 2.69 bits per heavy atom. The maximum atomic E-state index is 11.9. The molecule has 0 aromatic carbocycles. The van der Waals surface area contributed by atoms with Crippen LogP contribution in [0.1, 0.15) is 11.3 Å². The van der Waals surface area contributed by atoms with E-state index in [0.717, 1.165) is 6.20 Å². The SMILES string of the molecule is Cc1[nH]cc(OC(F)(F)F)c(=O)c1CC#N. The van der Waals surface area contributed by atoms with Crippen LogP contribution in [0.4, 0.5) is 13.2 Å². The monoisotopic (exact) mass is 232 g/mol. The van der Waals surface area contributed by atoms with Gasteiger partial charge in [-0.3, -0.25) is 4.79 Å². The third-order valence-corrected chi connectivity index (χ3v) is 1.85. The van der Waals surface area contributed by atoms with Gasteiger partial charge in [0.2, 0.25) is 5.43 Å². The van der Waals surface area contributed by atoms with Crippen molar-refractivity contribution in [1.82, 2.24) is 4.98 Å². The molecule has 0 saturated heterocycles. The van der Waals surface area contributed by atoms with Gasteiger partial charge in [-0.2, -0.15) is 5.26 Å². The van der Waals surface area contributed by atoms with Crippen LogP contribution in [0.25, 0.3) is 0 Å². The molecule has 0 fully saturated rings. The van der Waals surface area contributed by atoms with Crippen molar-refractivity contribution in [3.63, 3.8) is 0 Å². The molecule has 0 aliphatic carbocycles. The van der Waals surface area contributed by atoms with Gasteiger partial charge >= 0.3 is 6.36 Å². The lowest BCUT2D eigenvalue weighted by Gasteiger charge is -2.09. The predicted molar refractivity (Wildman–Crippen MR) is 47.8 cm³/mol. The van der Waals surface area contributed by atoms with Crippen molar-refractivity contribution in [3.05, 3.63) is 27.7 Å². The predicted octanol–water partition coefficient (Wildman–Crippen LogP) is 1.65. The molecular formula is C9H7F3N2O2.